The molecule has 122 valence electrons. The van der Waals surface area contributed by atoms with E-state index in [-0.39, 0.29) is 11.3 Å². The number of nitro benzene ring substituents is 1. The molecule has 24 heavy (non-hydrogen) atoms. The zero-order valence-electron chi connectivity index (χ0n) is 12.4. The summed E-state index contributed by atoms with van der Waals surface area (Å²) in [5.41, 5.74) is 1.19. The number of nitrogens with one attached hydrogen (secondary N) is 1. The summed E-state index contributed by atoms with van der Waals surface area (Å²) in [6.45, 7) is 1.20. The first-order chi connectivity index (χ1) is 11.6. The number of hydrogen-bond donors (Lipinski definition) is 1. The van der Waals surface area contributed by atoms with Gasteiger partial charge in [0.15, 0.2) is 11.5 Å². The van der Waals surface area contributed by atoms with Gasteiger partial charge in [0.1, 0.15) is 18.9 Å². The van der Waals surface area contributed by atoms with E-state index >= 15 is 0 Å². The average molecular weight is 346 g/mol. The number of hydrogen-bond acceptors (Lipinski definition) is 6. The second-order valence-corrected chi connectivity index (χ2v) is 5.46. The zero-order chi connectivity index (χ0) is 17.1. The Morgan fingerprint density at radius 2 is 2.08 bits per heavy atom. The fourth-order valence-electron chi connectivity index (χ4n) is 2.37. The minimum absolute atomic E-state index is 0.155. The van der Waals surface area contributed by atoms with Crippen molar-refractivity contribution in [3.05, 3.63) is 56.6 Å². The smallest absolute Gasteiger partial charge is 0.293 e. The molecule has 0 fully saturated rings. The highest BCUT2D eigenvalue weighted by Crippen LogP contribution is 2.38. The SMILES string of the molecule is N#Cc1ccc(NCc2cc(Cl)c3c(c2)OCCO3)c([N+](=O)[O-])c1. The number of fused-ring (bicyclic) bond motifs is 1. The fraction of sp³-hybridized carbons (Fsp3) is 0.188. The third kappa shape index (κ3) is 3.19. The van der Waals surface area contributed by atoms with Crippen molar-refractivity contribution in [2.75, 3.05) is 18.5 Å². The first-order valence-corrected chi connectivity index (χ1v) is 7.46. The third-order valence-electron chi connectivity index (χ3n) is 3.46. The summed E-state index contributed by atoms with van der Waals surface area (Å²) >= 11 is 6.17. The molecule has 2 aromatic carbocycles. The molecule has 1 aliphatic rings. The largest absolute Gasteiger partial charge is 0.486 e. The summed E-state index contributed by atoms with van der Waals surface area (Å²) in [6, 6.07) is 9.65. The Kier molecular flexibility index (Phi) is 4.40. The number of anilines is 1. The topological polar surface area (TPSA) is 97.4 Å². The highest BCUT2D eigenvalue weighted by atomic mass is 35.5. The number of nitriles is 1. The number of benzene rings is 2. The molecule has 0 saturated carbocycles. The fourth-order valence-corrected chi connectivity index (χ4v) is 2.65. The van der Waals surface area contributed by atoms with Gasteiger partial charge in [-0.15, -0.1) is 0 Å². The van der Waals surface area contributed by atoms with Crippen molar-refractivity contribution >= 4 is 23.0 Å². The van der Waals surface area contributed by atoms with Gasteiger partial charge in [0.05, 0.1) is 21.6 Å². The van der Waals surface area contributed by atoms with Crippen LogP contribution >= 0.6 is 11.6 Å². The molecular formula is C16H12ClN3O4. The summed E-state index contributed by atoms with van der Waals surface area (Å²) in [7, 11) is 0. The van der Waals surface area contributed by atoms with E-state index in [1.54, 1.807) is 12.1 Å². The van der Waals surface area contributed by atoms with Gasteiger partial charge < -0.3 is 14.8 Å². The second-order valence-electron chi connectivity index (χ2n) is 5.06. The van der Waals surface area contributed by atoms with E-state index in [1.165, 1.54) is 18.2 Å². The second kappa shape index (κ2) is 6.64. The molecule has 0 aliphatic carbocycles. The Labute approximate surface area is 142 Å². The molecular weight excluding hydrogens is 334 g/mol. The molecule has 0 unspecified atom stereocenters. The quantitative estimate of drug-likeness (QED) is 0.672. The van der Waals surface area contributed by atoms with Crippen LogP contribution < -0.4 is 14.8 Å². The summed E-state index contributed by atoms with van der Waals surface area (Å²) < 4.78 is 11.0. The van der Waals surface area contributed by atoms with Crippen molar-refractivity contribution in [1.29, 1.82) is 5.26 Å². The van der Waals surface area contributed by atoms with Gasteiger partial charge in [0.2, 0.25) is 0 Å². The highest BCUT2D eigenvalue weighted by molar-refractivity contribution is 6.32. The van der Waals surface area contributed by atoms with Gasteiger partial charge in [0.25, 0.3) is 5.69 Å². The lowest BCUT2D eigenvalue weighted by molar-refractivity contribution is -0.384. The molecule has 3 rings (SSSR count). The lowest BCUT2D eigenvalue weighted by atomic mass is 10.1. The van der Waals surface area contributed by atoms with Crippen LogP contribution in [0.4, 0.5) is 11.4 Å². The van der Waals surface area contributed by atoms with Crippen molar-refractivity contribution in [2.24, 2.45) is 0 Å². The lowest BCUT2D eigenvalue weighted by Gasteiger charge is -2.20. The molecule has 1 heterocycles. The lowest BCUT2D eigenvalue weighted by Crippen LogP contribution is -2.16. The molecule has 2 aromatic rings. The molecule has 0 radical (unpaired) electrons. The molecule has 1 N–H and O–H groups in total. The number of nitrogens with zero attached hydrogens (tertiary/aromatic N) is 2. The summed E-state index contributed by atoms with van der Waals surface area (Å²) in [6.07, 6.45) is 0. The van der Waals surface area contributed by atoms with Crippen molar-refractivity contribution in [1.82, 2.24) is 0 Å². The van der Waals surface area contributed by atoms with Crippen molar-refractivity contribution < 1.29 is 14.4 Å². The number of nitro groups is 1. The Morgan fingerprint density at radius 1 is 1.29 bits per heavy atom. The molecule has 0 bridgehead atoms. The van der Waals surface area contributed by atoms with Gasteiger partial charge in [-0.25, -0.2) is 0 Å². The van der Waals surface area contributed by atoms with Crippen LogP contribution in [0.5, 0.6) is 11.5 Å². The maximum Gasteiger partial charge on any atom is 0.293 e. The Bertz CT molecular complexity index is 848. The zero-order valence-corrected chi connectivity index (χ0v) is 13.2. The third-order valence-corrected chi connectivity index (χ3v) is 3.74. The number of rotatable bonds is 4. The van der Waals surface area contributed by atoms with Gasteiger partial charge in [-0.05, 0) is 29.8 Å². The molecule has 0 amide bonds. The summed E-state index contributed by atoms with van der Waals surface area (Å²) in [5, 5.41) is 23.4. The normalized spacial score (nSPS) is 12.3. The van der Waals surface area contributed by atoms with E-state index in [9.17, 15) is 10.1 Å². The standard InChI is InChI=1S/C16H12ClN3O4/c17-12-5-11(7-15-16(12)24-4-3-23-15)9-19-13-2-1-10(8-18)6-14(13)20(21)22/h1-2,5-7,19H,3-4,9H2. The van der Waals surface area contributed by atoms with Crippen molar-refractivity contribution in [3.63, 3.8) is 0 Å². The van der Waals surface area contributed by atoms with Gasteiger partial charge >= 0.3 is 0 Å². The van der Waals surface area contributed by atoms with Gasteiger partial charge in [-0.1, -0.05) is 11.6 Å². The van der Waals surface area contributed by atoms with Crippen LogP contribution in [0.15, 0.2) is 30.3 Å². The van der Waals surface area contributed by atoms with Crippen LogP contribution in [0.3, 0.4) is 0 Å². The van der Waals surface area contributed by atoms with Crippen molar-refractivity contribution in [2.45, 2.75) is 6.54 Å². The maximum absolute atomic E-state index is 11.1. The van der Waals surface area contributed by atoms with E-state index in [0.717, 1.165) is 5.56 Å². The first-order valence-electron chi connectivity index (χ1n) is 7.09. The van der Waals surface area contributed by atoms with E-state index in [4.69, 9.17) is 26.3 Å². The van der Waals surface area contributed by atoms with Crippen molar-refractivity contribution in [3.8, 4) is 17.6 Å². The minimum Gasteiger partial charge on any atom is -0.486 e. The summed E-state index contributed by atoms with van der Waals surface area (Å²) in [5.74, 6) is 1.07. The predicted molar refractivity (Wildman–Crippen MR) is 87.6 cm³/mol. The summed E-state index contributed by atoms with van der Waals surface area (Å²) in [4.78, 5) is 10.6. The van der Waals surface area contributed by atoms with Crippen LogP contribution in [0.25, 0.3) is 0 Å². The molecule has 0 spiro atoms. The molecule has 7 nitrogen and oxygen atoms in total. The van der Waals surface area contributed by atoms with Crippen LogP contribution in [0.2, 0.25) is 5.02 Å². The molecule has 1 aliphatic heterocycles. The van der Waals surface area contributed by atoms with E-state index in [1.807, 2.05) is 6.07 Å². The monoisotopic (exact) mass is 345 g/mol. The van der Waals surface area contributed by atoms with E-state index < -0.39 is 4.92 Å². The predicted octanol–water partition coefficient (Wildman–Crippen LogP) is 3.50. The molecule has 0 saturated heterocycles. The highest BCUT2D eigenvalue weighted by Gasteiger charge is 2.18. The van der Waals surface area contributed by atoms with E-state index in [2.05, 4.69) is 5.32 Å². The number of ether oxygens (including phenoxy) is 2. The minimum atomic E-state index is -0.528. The van der Waals surface area contributed by atoms with Crippen LogP contribution in [-0.4, -0.2) is 18.1 Å². The Morgan fingerprint density at radius 3 is 2.83 bits per heavy atom. The van der Waals surface area contributed by atoms with Gasteiger partial charge in [-0.3, -0.25) is 10.1 Å². The average Bonchev–Trinajstić information content (AvgIpc) is 2.59. The van der Waals surface area contributed by atoms with Gasteiger partial charge in [0, 0.05) is 12.6 Å². The van der Waals surface area contributed by atoms with Gasteiger partial charge in [-0.2, -0.15) is 5.26 Å². The van der Waals surface area contributed by atoms with Crippen LogP contribution in [-0.2, 0) is 6.54 Å². The number of halogens is 1. The molecule has 8 heteroatoms. The first kappa shape index (κ1) is 15.9. The molecule has 0 aromatic heterocycles. The van der Waals surface area contributed by atoms with Crippen LogP contribution in [0, 0.1) is 21.4 Å². The Balaban J connectivity index is 1.83. The maximum atomic E-state index is 11.1. The molecule has 0 atom stereocenters. The van der Waals surface area contributed by atoms with E-state index in [0.29, 0.717) is 42.0 Å². The Hall–Kier alpha value is -2.98. The van der Waals surface area contributed by atoms with Crippen LogP contribution in [0.1, 0.15) is 11.1 Å².